The maximum absolute atomic E-state index is 12.2. The first-order valence-electron chi connectivity index (χ1n) is 6.13. The van der Waals surface area contributed by atoms with Gasteiger partial charge in [0.25, 0.3) is 11.6 Å². The van der Waals surface area contributed by atoms with Gasteiger partial charge >= 0.3 is 0 Å². The van der Waals surface area contributed by atoms with E-state index >= 15 is 0 Å². The van der Waals surface area contributed by atoms with Crippen LogP contribution in [0.1, 0.15) is 37.0 Å². The predicted octanol–water partition coefficient (Wildman–Crippen LogP) is 2.56. The molecule has 0 aliphatic carbocycles. The summed E-state index contributed by atoms with van der Waals surface area (Å²) in [5.41, 5.74) is -0.381. The molecule has 1 unspecified atom stereocenters. The van der Waals surface area contributed by atoms with Gasteiger partial charge < -0.3 is 10.0 Å². The molecule has 0 radical (unpaired) electrons. The average molecular weight is 266 g/mol. The number of amides is 1. The summed E-state index contributed by atoms with van der Waals surface area (Å²) in [4.78, 5) is 24.0. The molecule has 1 atom stereocenters. The van der Waals surface area contributed by atoms with Crippen LogP contribution in [0.15, 0.2) is 18.2 Å². The molecule has 1 rings (SSSR count). The molecular weight excluding hydrogens is 248 g/mol. The number of nitro groups is 1. The minimum Gasteiger partial charge on any atom is -0.508 e. The molecule has 0 fully saturated rings. The Kier molecular flexibility index (Phi) is 4.86. The van der Waals surface area contributed by atoms with Crippen LogP contribution in [0.5, 0.6) is 5.75 Å². The minimum absolute atomic E-state index is 0.0144. The van der Waals surface area contributed by atoms with E-state index in [1.807, 2.05) is 13.8 Å². The number of aromatic hydroxyl groups is 1. The molecule has 1 N–H and O–H groups in total. The first-order chi connectivity index (χ1) is 8.88. The topological polar surface area (TPSA) is 83.7 Å². The summed E-state index contributed by atoms with van der Waals surface area (Å²) in [5.74, 6) is -0.617. The highest BCUT2D eigenvalue weighted by Gasteiger charge is 2.25. The zero-order valence-corrected chi connectivity index (χ0v) is 11.3. The van der Waals surface area contributed by atoms with E-state index in [1.54, 1.807) is 7.05 Å². The maximum atomic E-state index is 12.2. The summed E-state index contributed by atoms with van der Waals surface area (Å²) in [6.07, 6.45) is 1.73. The largest absolute Gasteiger partial charge is 0.508 e. The molecule has 0 aromatic heterocycles. The standard InChI is InChI=1S/C13H18N2O4/c1-4-5-9(2)14(3)13(17)11-8-10(16)6-7-12(11)15(18)19/h6-9,16H,4-5H2,1-3H3. The van der Waals surface area contributed by atoms with E-state index in [-0.39, 0.29) is 23.0 Å². The summed E-state index contributed by atoms with van der Waals surface area (Å²) in [5, 5.41) is 20.3. The molecule has 0 saturated carbocycles. The number of nitro benzene ring substituents is 1. The number of phenolic OH excluding ortho intramolecular Hbond substituents is 1. The quantitative estimate of drug-likeness (QED) is 0.655. The Hall–Kier alpha value is -2.11. The van der Waals surface area contributed by atoms with Crippen molar-refractivity contribution in [3.8, 4) is 5.75 Å². The van der Waals surface area contributed by atoms with Gasteiger partial charge in [0.1, 0.15) is 11.3 Å². The molecule has 6 heteroatoms. The normalized spacial score (nSPS) is 11.9. The van der Waals surface area contributed by atoms with Crippen molar-refractivity contribution in [3.63, 3.8) is 0 Å². The highest BCUT2D eigenvalue weighted by molar-refractivity contribution is 5.98. The highest BCUT2D eigenvalue weighted by atomic mass is 16.6. The fourth-order valence-electron chi connectivity index (χ4n) is 1.86. The molecule has 1 aromatic rings. The van der Waals surface area contributed by atoms with Crippen LogP contribution < -0.4 is 0 Å². The number of carbonyl (C=O) groups is 1. The molecule has 19 heavy (non-hydrogen) atoms. The zero-order chi connectivity index (χ0) is 14.6. The Bertz CT molecular complexity index is 488. The highest BCUT2D eigenvalue weighted by Crippen LogP contribution is 2.25. The number of benzene rings is 1. The lowest BCUT2D eigenvalue weighted by atomic mass is 10.1. The lowest BCUT2D eigenvalue weighted by Gasteiger charge is -2.24. The summed E-state index contributed by atoms with van der Waals surface area (Å²) in [6, 6.07) is 3.46. The Morgan fingerprint density at radius 3 is 2.68 bits per heavy atom. The van der Waals surface area contributed by atoms with Crippen molar-refractivity contribution in [1.29, 1.82) is 0 Å². The number of hydrogen-bond donors (Lipinski definition) is 1. The molecule has 1 amide bonds. The van der Waals surface area contributed by atoms with E-state index in [9.17, 15) is 20.0 Å². The van der Waals surface area contributed by atoms with Gasteiger partial charge in [0.2, 0.25) is 0 Å². The number of carbonyl (C=O) groups excluding carboxylic acids is 1. The van der Waals surface area contributed by atoms with E-state index in [0.29, 0.717) is 0 Å². The van der Waals surface area contributed by atoms with E-state index in [1.165, 1.54) is 11.0 Å². The van der Waals surface area contributed by atoms with Gasteiger partial charge in [-0.1, -0.05) is 13.3 Å². The van der Waals surface area contributed by atoms with E-state index in [4.69, 9.17) is 0 Å². The first kappa shape index (κ1) is 14.9. The smallest absolute Gasteiger partial charge is 0.282 e. The van der Waals surface area contributed by atoms with Crippen LogP contribution in [0.25, 0.3) is 0 Å². The van der Waals surface area contributed by atoms with Gasteiger partial charge in [-0.15, -0.1) is 0 Å². The molecule has 0 aliphatic rings. The van der Waals surface area contributed by atoms with E-state index in [0.717, 1.165) is 25.0 Å². The predicted molar refractivity (Wildman–Crippen MR) is 71.2 cm³/mol. The second-order valence-corrected chi connectivity index (χ2v) is 4.51. The molecule has 0 spiro atoms. The number of rotatable bonds is 5. The summed E-state index contributed by atoms with van der Waals surface area (Å²) >= 11 is 0. The third-order valence-corrected chi connectivity index (χ3v) is 3.10. The summed E-state index contributed by atoms with van der Waals surface area (Å²) in [6.45, 7) is 3.89. The SMILES string of the molecule is CCCC(C)N(C)C(=O)c1cc(O)ccc1[N+](=O)[O-]. The molecule has 0 heterocycles. The van der Waals surface area contributed by atoms with Crippen molar-refractivity contribution < 1.29 is 14.8 Å². The van der Waals surface area contributed by atoms with Gasteiger partial charge in [-0.25, -0.2) is 0 Å². The van der Waals surface area contributed by atoms with Crippen LogP contribution in [-0.4, -0.2) is 33.9 Å². The van der Waals surface area contributed by atoms with Crippen molar-refractivity contribution in [3.05, 3.63) is 33.9 Å². The molecule has 0 bridgehead atoms. The fraction of sp³-hybridized carbons (Fsp3) is 0.462. The van der Waals surface area contributed by atoms with Crippen LogP contribution in [0.4, 0.5) is 5.69 Å². The summed E-state index contributed by atoms with van der Waals surface area (Å²) in [7, 11) is 1.61. The monoisotopic (exact) mass is 266 g/mol. The van der Waals surface area contributed by atoms with Crippen LogP contribution >= 0.6 is 0 Å². The van der Waals surface area contributed by atoms with Gasteiger partial charge in [-0.2, -0.15) is 0 Å². The van der Waals surface area contributed by atoms with Crippen molar-refractivity contribution in [2.75, 3.05) is 7.05 Å². The maximum Gasteiger partial charge on any atom is 0.282 e. The molecule has 6 nitrogen and oxygen atoms in total. The number of nitrogens with zero attached hydrogens (tertiary/aromatic N) is 2. The lowest BCUT2D eigenvalue weighted by molar-refractivity contribution is -0.385. The second-order valence-electron chi connectivity index (χ2n) is 4.51. The van der Waals surface area contributed by atoms with Gasteiger partial charge in [-0.3, -0.25) is 14.9 Å². The second kappa shape index (κ2) is 6.17. The van der Waals surface area contributed by atoms with E-state index < -0.39 is 10.8 Å². The van der Waals surface area contributed by atoms with Crippen molar-refractivity contribution >= 4 is 11.6 Å². The van der Waals surface area contributed by atoms with Crippen LogP contribution in [0, 0.1) is 10.1 Å². The van der Waals surface area contributed by atoms with Crippen LogP contribution in [0.3, 0.4) is 0 Å². The summed E-state index contributed by atoms with van der Waals surface area (Å²) < 4.78 is 0. The van der Waals surface area contributed by atoms with Gasteiger partial charge in [0.15, 0.2) is 0 Å². The minimum atomic E-state index is -0.620. The van der Waals surface area contributed by atoms with Crippen molar-refractivity contribution in [2.45, 2.75) is 32.7 Å². The van der Waals surface area contributed by atoms with Crippen molar-refractivity contribution in [1.82, 2.24) is 4.90 Å². The van der Waals surface area contributed by atoms with Crippen LogP contribution in [0.2, 0.25) is 0 Å². The Morgan fingerprint density at radius 2 is 2.16 bits per heavy atom. The van der Waals surface area contributed by atoms with E-state index in [2.05, 4.69) is 0 Å². The average Bonchev–Trinajstić information content (AvgIpc) is 2.36. The third-order valence-electron chi connectivity index (χ3n) is 3.10. The molecular formula is C13H18N2O4. The number of hydrogen-bond acceptors (Lipinski definition) is 4. The molecule has 1 aromatic carbocycles. The van der Waals surface area contributed by atoms with Crippen molar-refractivity contribution in [2.24, 2.45) is 0 Å². The Morgan fingerprint density at radius 1 is 1.53 bits per heavy atom. The zero-order valence-electron chi connectivity index (χ0n) is 11.3. The fourth-order valence-corrected chi connectivity index (χ4v) is 1.86. The van der Waals surface area contributed by atoms with Gasteiger partial charge in [-0.05, 0) is 25.5 Å². The van der Waals surface area contributed by atoms with Gasteiger partial charge in [0, 0.05) is 19.2 Å². The Labute approximate surface area is 111 Å². The molecule has 0 aliphatic heterocycles. The first-order valence-corrected chi connectivity index (χ1v) is 6.13. The lowest BCUT2D eigenvalue weighted by Crippen LogP contribution is -2.35. The molecule has 0 saturated heterocycles. The third kappa shape index (κ3) is 3.43. The Balaban J connectivity index is 3.11. The van der Waals surface area contributed by atoms with Crippen LogP contribution in [-0.2, 0) is 0 Å². The molecule has 104 valence electrons. The van der Waals surface area contributed by atoms with Gasteiger partial charge in [0.05, 0.1) is 4.92 Å². The number of phenols is 1.